The Morgan fingerprint density at radius 1 is 1.29 bits per heavy atom. The molecule has 134 valence electrons. The van der Waals surface area contributed by atoms with Crippen molar-refractivity contribution >= 4 is 5.97 Å². The summed E-state index contributed by atoms with van der Waals surface area (Å²) in [6.07, 6.45) is 9.35. The second kappa shape index (κ2) is 6.04. The van der Waals surface area contributed by atoms with Crippen LogP contribution in [0.5, 0.6) is 0 Å². The fourth-order valence-electron chi connectivity index (χ4n) is 6.83. The van der Waals surface area contributed by atoms with Crippen LogP contribution in [0.2, 0.25) is 0 Å². The standard InChI is InChI=1S/C22H34O2/c1-7-16-9-10-18-17(14(16)2)13-19(24-15(3)23)20-21(4,5)11-8-12-22(18,20)6/h7,17-20H,1,8-13H2,2-6H3/t17-,18-,19+,20-,22+/m0/s1. The van der Waals surface area contributed by atoms with Crippen LogP contribution < -0.4 is 0 Å². The Morgan fingerprint density at radius 2 is 2.00 bits per heavy atom. The topological polar surface area (TPSA) is 26.3 Å². The fraction of sp³-hybridized carbons (Fsp3) is 0.773. The van der Waals surface area contributed by atoms with E-state index in [9.17, 15) is 4.79 Å². The molecule has 2 heteroatoms. The number of allylic oxidation sites excluding steroid dienone is 3. The van der Waals surface area contributed by atoms with Gasteiger partial charge in [0.05, 0.1) is 0 Å². The van der Waals surface area contributed by atoms with Gasteiger partial charge in [0.2, 0.25) is 0 Å². The molecule has 0 aromatic carbocycles. The Hall–Kier alpha value is -1.05. The maximum Gasteiger partial charge on any atom is 0.302 e. The quantitative estimate of drug-likeness (QED) is 0.609. The first kappa shape index (κ1) is 17.8. The molecule has 24 heavy (non-hydrogen) atoms. The monoisotopic (exact) mass is 330 g/mol. The second-order valence-corrected chi connectivity index (χ2v) is 9.37. The minimum absolute atomic E-state index is 0.0585. The fourth-order valence-corrected chi connectivity index (χ4v) is 6.83. The zero-order valence-electron chi connectivity index (χ0n) is 16.2. The van der Waals surface area contributed by atoms with Crippen LogP contribution >= 0.6 is 0 Å². The van der Waals surface area contributed by atoms with Gasteiger partial charge in [0.1, 0.15) is 6.10 Å². The van der Waals surface area contributed by atoms with Gasteiger partial charge in [0, 0.05) is 12.8 Å². The van der Waals surface area contributed by atoms with Gasteiger partial charge in [-0.3, -0.25) is 4.79 Å². The first-order valence-corrected chi connectivity index (χ1v) is 9.70. The van der Waals surface area contributed by atoms with E-state index in [1.807, 2.05) is 6.08 Å². The lowest BCUT2D eigenvalue weighted by atomic mass is 9.43. The molecule has 5 atom stereocenters. The van der Waals surface area contributed by atoms with Crippen LogP contribution in [-0.2, 0) is 9.53 Å². The molecule has 3 aliphatic rings. The van der Waals surface area contributed by atoms with Crippen molar-refractivity contribution in [2.45, 2.75) is 79.2 Å². The van der Waals surface area contributed by atoms with Crippen LogP contribution in [-0.4, -0.2) is 12.1 Å². The van der Waals surface area contributed by atoms with Crippen molar-refractivity contribution in [3.63, 3.8) is 0 Å². The van der Waals surface area contributed by atoms with Crippen molar-refractivity contribution in [1.82, 2.24) is 0 Å². The Labute approximate surface area is 147 Å². The Kier molecular flexibility index (Phi) is 4.47. The largest absolute Gasteiger partial charge is 0.462 e. The lowest BCUT2D eigenvalue weighted by molar-refractivity contribution is -0.187. The first-order chi connectivity index (χ1) is 11.2. The van der Waals surface area contributed by atoms with Gasteiger partial charge < -0.3 is 4.74 Å². The minimum Gasteiger partial charge on any atom is -0.462 e. The minimum atomic E-state index is -0.122. The second-order valence-electron chi connectivity index (χ2n) is 9.37. The molecule has 0 aromatic heterocycles. The van der Waals surface area contributed by atoms with Gasteiger partial charge in [-0.15, -0.1) is 0 Å². The summed E-state index contributed by atoms with van der Waals surface area (Å²) < 4.78 is 5.94. The number of hydrogen-bond donors (Lipinski definition) is 0. The summed E-state index contributed by atoms with van der Waals surface area (Å²) in [6, 6.07) is 0. The maximum atomic E-state index is 11.8. The van der Waals surface area contributed by atoms with Gasteiger partial charge in [-0.2, -0.15) is 0 Å². The Bertz CT molecular complexity index is 571. The van der Waals surface area contributed by atoms with E-state index in [-0.39, 0.29) is 22.9 Å². The van der Waals surface area contributed by atoms with Crippen molar-refractivity contribution in [3.05, 3.63) is 23.8 Å². The summed E-state index contributed by atoms with van der Waals surface area (Å²) in [4.78, 5) is 11.8. The Balaban J connectivity index is 2.05. The molecule has 2 nitrogen and oxygen atoms in total. The average molecular weight is 331 g/mol. The molecule has 0 radical (unpaired) electrons. The van der Waals surface area contributed by atoms with Gasteiger partial charge >= 0.3 is 5.97 Å². The van der Waals surface area contributed by atoms with Gasteiger partial charge in [-0.25, -0.2) is 0 Å². The van der Waals surface area contributed by atoms with E-state index in [0.717, 1.165) is 18.8 Å². The van der Waals surface area contributed by atoms with Crippen molar-refractivity contribution < 1.29 is 9.53 Å². The third-order valence-electron chi connectivity index (χ3n) is 7.63. The van der Waals surface area contributed by atoms with E-state index in [2.05, 4.69) is 34.3 Å². The van der Waals surface area contributed by atoms with E-state index in [4.69, 9.17) is 4.74 Å². The molecule has 0 bridgehead atoms. The molecule has 0 heterocycles. The van der Waals surface area contributed by atoms with Gasteiger partial charge in [0.15, 0.2) is 0 Å². The highest BCUT2D eigenvalue weighted by atomic mass is 16.5. The van der Waals surface area contributed by atoms with Crippen LogP contribution in [0.1, 0.15) is 73.1 Å². The van der Waals surface area contributed by atoms with E-state index in [1.54, 1.807) is 6.92 Å². The lowest BCUT2D eigenvalue weighted by Crippen LogP contribution is -2.59. The molecule has 3 rings (SSSR count). The number of esters is 1. The SMILES string of the molecule is C=CC1=C(C)[C@@H]2C[C@@H](OC(C)=O)[C@H]3C(C)(C)CCC[C@]3(C)[C@H]2CC1. The maximum absolute atomic E-state index is 11.8. The van der Waals surface area contributed by atoms with Crippen molar-refractivity contribution in [2.24, 2.45) is 28.6 Å². The summed E-state index contributed by atoms with van der Waals surface area (Å²) in [5, 5.41) is 0. The number of carbonyl (C=O) groups excluding carboxylic acids is 1. The molecule has 0 unspecified atom stereocenters. The van der Waals surface area contributed by atoms with E-state index >= 15 is 0 Å². The van der Waals surface area contributed by atoms with Gasteiger partial charge in [-0.05, 0) is 67.3 Å². The predicted molar refractivity (Wildman–Crippen MR) is 98.5 cm³/mol. The molecule has 0 spiro atoms. The first-order valence-electron chi connectivity index (χ1n) is 9.70. The number of rotatable bonds is 2. The highest BCUT2D eigenvalue weighted by molar-refractivity contribution is 5.66. The number of carbonyl (C=O) groups is 1. The van der Waals surface area contributed by atoms with Crippen LogP contribution in [0.4, 0.5) is 0 Å². The van der Waals surface area contributed by atoms with Crippen molar-refractivity contribution in [2.75, 3.05) is 0 Å². The molecule has 3 aliphatic carbocycles. The van der Waals surface area contributed by atoms with E-state index < -0.39 is 0 Å². The average Bonchev–Trinajstić information content (AvgIpc) is 2.46. The van der Waals surface area contributed by atoms with Gasteiger partial charge in [0.25, 0.3) is 0 Å². The molecule has 0 N–H and O–H groups in total. The van der Waals surface area contributed by atoms with Crippen LogP contribution in [0.25, 0.3) is 0 Å². The summed E-state index contributed by atoms with van der Waals surface area (Å²) in [5.41, 5.74) is 3.45. The van der Waals surface area contributed by atoms with Crippen LogP contribution in [0, 0.1) is 28.6 Å². The van der Waals surface area contributed by atoms with Crippen LogP contribution in [0.15, 0.2) is 23.8 Å². The zero-order valence-corrected chi connectivity index (χ0v) is 16.2. The number of fused-ring (bicyclic) bond motifs is 3. The summed E-state index contributed by atoms with van der Waals surface area (Å²) in [5.74, 6) is 1.62. The van der Waals surface area contributed by atoms with E-state index in [0.29, 0.717) is 11.8 Å². The predicted octanol–water partition coefficient (Wildman–Crippen LogP) is 5.68. The molecule has 0 aromatic rings. The highest BCUT2D eigenvalue weighted by Crippen LogP contribution is 2.64. The molecule has 2 saturated carbocycles. The smallest absolute Gasteiger partial charge is 0.302 e. The summed E-state index contributed by atoms with van der Waals surface area (Å²) in [6.45, 7) is 15.2. The molecular weight excluding hydrogens is 296 g/mol. The third-order valence-corrected chi connectivity index (χ3v) is 7.63. The molecule has 0 saturated heterocycles. The lowest BCUT2D eigenvalue weighted by Gasteiger charge is -2.62. The molecule has 0 aliphatic heterocycles. The Morgan fingerprint density at radius 3 is 2.62 bits per heavy atom. The third kappa shape index (κ3) is 2.66. The molecule has 2 fully saturated rings. The summed E-state index contributed by atoms with van der Waals surface area (Å²) in [7, 11) is 0. The molecular formula is C22H34O2. The van der Waals surface area contributed by atoms with Gasteiger partial charge in [-0.1, -0.05) is 45.4 Å². The highest BCUT2D eigenvalue weighted by Gasteiger charge is 2.60. The molecule has 0 amide bonds. The van der Waals surface area contributed by atoms with Crippen molar-refractivity contribution in [1.29, 1.82) is 0 Å². The van der Waals surface area contributed by atoms with Crippen LogP contribution in [0.3, 0.4) is 0 Å². The van der Waals surface area contributed by atoms with E-state index in [1.165, 1.54) is 36.8 Å². The summed E-state index contributed by atoms with van der Waals surface area (Å²) >= 11 is 0. The normalized spacial score (nSPS) is 41.2. The number of hydrogen-bond acceptors (Lipinski definition) is 2. The zero-order chi connectivity index (χ0) is 17.7. The number of ether oxygens (including phenoxy) is 1. The van der Waals surface area contributed by atoms with Crippen molar-refractivity contribution in [3.8, 4) is 0 Å².